The van der Waals surface area contributed by atoms with Crippen LogP contribution in [0.3, 0.4) is 0 Å². The molecule has 0 aliphatic carbocycles. The van der Waals surface area contributed by atoms with Crippen LogP contribution in [0.25, 0.3) is 11.0 Å². The molecule has 0 atom stereocenters. The molecule has 84 valence electrons. The van der Waals surface area contributed by atoms with Gasteiger partial charge < -0.3 is 14.3 Å². The molecule has 0 aliphatic heterocycles. The summed E-state index contributed by atoms with van der Waals surface area (Å²) in [5.41, 5.74) is 1.47. The summed E-state index contributed by atoms with van der Waals surface area (Å²) in [5.74, 6) is -0.932. The van der Waals surface area contributed by atoms with Gasteiger partial charge in [-0.15, -0.1) is 0 Å². The maximum atomic E-state index is 11.0. The minimum absolute atomic E-state index is 0.133. The van der Waals surface area contributed by atoms with Crippen molar-refractivity contribution in [3.8, 4) is 5.75 Å². The first-order valence-corrected chi connectivity index (χ1v) is 5.03. The molecular formula is C12H12O4. The topological polar surface area (TPSA) is 59.7 Å². The van der Waals surface area contributed by atoms with Crippen LogP contribution in [-0.4, -0.2) is 17.7 Å². The Morgan fingerprint density at radius 3 is 2.88 bits per heavy atom. The van der Waals surface area contributed by atoms with E-state index in [4.69, 9.17) is 14.3 Å². The van der Waals surface area contributed by atoms with Crippen LogP contribution >= 0.6 is 0 Å². The number of carboxylic acids is 1. The Morgan fingerprint density at radius 1 is 1.50 bits per heavy atom. The third-order valence-electron chi connectivity index (χ3n) is 2.35. The van der Waals surface area contributed by atoms with Crippen LogP contribution in [0, 0.1) is 6.92 Å². The summed E-state index contributed by atoms with van der Waals surface area (Å²) < 4.78 is 10.7. The summed E-state index contributed by atoms with van der Waals surface area (Å²) in [6, 6.07) is 5.51. The fourth-order valence-corrected chi connectivity index (χ4v) is 1.67. The van der Waals surface area contributed by atoms with Crippen LogP contribution in [0.1, 0.15) is 23.0 Å². The number of rotatable bonds is 3. The van der Waals surface area contributed by atoms with Gasteiger partial charge in [0.15, 0.2) is 5.75 Å². The maximum absolute atomic E-state index is 11.0. The van der Waals surface area contributed by atoms with Gasteiger partial charge in [-0.1, -0.05) is 12.1 Å². The van der Waals surface area contributed by atoms with Crippen molar-refractivity contribution in [1.29, 1.82) is 0 Å². The molecule has 1 heterocycles. The predicted molar refractivity (Wildman–Crippen MR) is 59.1 cm³/mol. The summed E-state index contributed by atoms with van der Waals surface area (Å²) >= 11 is 0. The molecule has 0 fully saturated rings. The van der Waals surface area contributed by atoms with Crippen LogP contribution in [-0.2, 0) is 0 Å². The molecule has 1 aromatic heterocycles. The van der Waals surface area contributed by atoms with E-state index in [9.17, 15) is 4.79 Å². The average molecular weight is 220 g/mol. The highest BCUT2D eigenvalue weighted by molar-refractivity contribution is 5.98. The van der Waals surface area contributed by atoms with Gasteiger partial charge in [-0.2, -0.15) is 0 Å². The van der Waals surface area contributed by atoms with Crippen molar-refractivity contribution in [3.63, 3.8) is 0 Å². The highest BCUT2D eigenvalue weighted by Crippen LogP contribution is 2.34. The van der Waals surface area contributed by atoms with Crippen molar-refractivity contribution in [3.05, 3.63) is 29.5 Å². The van der Waals surface area contributed by atoms with Gasteiger partial charge in [-0.25, -0.2) is 4.79 Å². The highest BCUT2D eigenvalue weighted by atomic mass is 16.5. The molecule has 4 heteroatoms. The standard InChI is InChI=1S/C12H12O4/c1-3-15-10-8-6-4-5-7(2)9(8)16-11(10)12(13)14/h4-6H,3H2,1-2H3,(H,13,14). The minimum atomic E-state index is -1.11. The Hall–Kier alpha value is -1.97. The van der Waals surface area contributed by atoms with E-state index in [-0.39, 0.29) is 5.76 Å². The van der Waals surface area contributed by atoms with Crippen molar-refractivity contribution in [2.75, 3.05) is 6.61 Å². The summed E-state index contributed by atoms with van der Waals surface area (Å²) in [7, 11) is 0. The van der Waals surface area contributed by atoms with E-state index in [2.05, 4.69) is 0 Å². The molecule has 16 heavy (non-hydrogen) atoms. The molecule has 0 saturated heterocycles. The monoisotopic (exact) mass is 220 g/mol. The van der Waals surface area contributed by atoms with Gasteiger partial charge in [0.05, 0.1) is 12.0 Å². The van der Waals surface area contributed by atoms with E-state index in [1.165, 1.54) is 0 Å². The zero-order valence-electron chi connectivity index (χ0n) is 9.11. The lowest BCUT2D eigenvalue weighted by molar-refractivity contribution is 0.0659. The SMILES string of the molecule is CCOc1c(C(=O)O)oc2c(C)cccc12. The van der Waals surface area contributed by atoms with Crippen molar-refractivity contribution in [2.45, 2.75) is 13.8 Å². The molecular weight excluding hydrogens is 208 g/mol. The molecule has 0 amide bonds. The molecule has 2 rings (SSSR count). The number of hydrogen-bond donors (Lipinski definition) is 1. The summed E-state index contributed by atoms with van der Waals surface area (Å²) in [5, 5.41) is 9.72. The highest BCUT2D eigenvalue weighted by Gasteiger charge is 2.21. The van der Waals surface area contributed by atoms with E-state index in [0.717, 1.165) is 5.56 Å². The lowest BCUT2D eigenvalue weighted by Crippen LogP contribution is -1.99. The first-order valence-electron chi connectivity index (χ1n) is 5.03. The first kappa shape index (κ1) is 10.5. The average Bonchev–Trinajstić information content (AvgIpc) is 2.60. The van der Waals surface area contributed by atoms with Crippen molar-refractivity contribution in [2.24, 2.45) is 0 Å². The Bertz CT molecular complexity index is 539. The molecule has 0 radical (unpaired) electrons. The third kappa shape index (κ3) is 1.52. The zero-order chi connectivity index (χ0) is 11.7. The number of aryl methyl sites for hydroxylation is 1. The van der Waals surface area contributed by atoms with Crippen LogP contribution in [0.15, 0.2) is 22.6 Å². The Balaban J connectivity index is 2.75. The van der Waals surface area contributed by atoms with Gasteiger partial charge >= 0.3 is 5.97 Å². The van der Waals surface area contributed by atoms with E-state index in [0.29, 0.717) is 23.3 Å². The van der Waals surface area contributed by atoms with Gasteiger partial charge in [0.25, 0.3) is 5.76 Å². The molecule has 0 spiro atoms. The summed E-state index contributed by atoms with van der Waals surface area (Å²) in [6.45, 7) is 4.08. The Kier molecular flexibility index (Phi) is 2.56. The summed E-state index contributed by atoms with van der Waals surface area (Å²) in [6.07, 6.45) is 0. The largest absolute Gasteiger partial charge is 0.489 e. The van der Waals surface area contributed by atoms with Gasteiger partial charge in [-0.05, 0) is 25.5 Å². The van der Waals surface area contributed by atoms with Crippen molar-refractivity contribution >= 4 is 16.9 Å². The third-order valence-corrected chi connectivity index (χ3v) is 2.35. The Morgan fingerprint density at radius 2 is 2.25 bits per heavy atom. The quantitative estimate of drug-likeness (QED) is 0.863. The molecule has 0 bridgehead atoms. The molecule has 2 aromatic rings. The van der Waals surface area contributed by atoms with Crippen molar-refractivity contribution < 1.29 is 19.1 Å². The molecule has 0 saturated carbocycles. The zero-order valence-corrected chi connectivity index (χ0v) is 9.11. The fraction of sp³-hybridized carbons (Fsp3) is 0.250. The molecule has 4 nitrogen and oxygen atoms in total. The van der Waals surface area contributed by atoms with E-state index in [1.54, 1.807) is 13.0 Å². The van der Waals surface area contributed by atoms with E-state index in [1.807, 2.05) is 19.1 Å². The van der Waals surface area contributed by atoms with E-state index >= 15 is 0 Å². The number of para-hydroxylation sites is 1. The van der Waals surface area contributed by atoms with Crippen LogP contribution in [0.4, 0.5) is 0 Å². The number of ether oxygens (including phenoxy) is 1. The van der Waals surface area contributed by atoms with Crippen molar-refractivity contribution in [1.82, 2.24) is 0 Å². The smallest absolute Gasteiger partial charge is 0.375 e. The molecule has 0 unspecified atom stereocenters. The number of fused-ring (bicyclic) bond motifs is 1. The van der Waals surface area contributed by atoms with Gasteiger partial charge in [0.2, 0.25) is 0 Å². The predicted octanol–water partition coefficient (Wildman–Crippen LogP) is 2.84. The lowest BCUT2D eigenvalue weighted by Gasteiger charge is -2.00. The Labute approximate surface area is 92.4 Å². The second-order valence-corrected chi connectivity index (χ2v) is 3.45. The number of furan rings is 1. The number of aromatic carboxylic acids is 1. The molecule has 1 aromatic carbocycles. The number of carbonyl (C=O) groups is 1. The fourth-order valence-electron chi connectivity index (χ4n) is 1.67. The van der Waals surface area contributed by atoms with Gasteiger partial charge in [0, 0.05) is 0 Å². The molecule has 0 aliphatic rings. The van der Waals surface area contributed by atoms with Crippen LogP contribution < -0.4 is 4.74 Å². The normalized spacial score (nSPS) is 10.6. The van der Waals surface area contributed by atoms with Gasteiger partial charge in [0.1, 0.15) is 5.58 Å². The molecule has 1 N–H and O–H groups in total. The van der Waals surface area contributed by atoms with Gasteiger partial charge in [-0.3, -0.25) is 0 Å². The maximum Gasteiger partial charge on any atom is 0.375 e. The van der Waals surface area contributed by atoms with Crippen LogP contribution in [0.2, 0.25) is 0 Å². The minimum Gasteiger partial charge on any atom is -0.489 e. The second-order valence-electron chi connectivity index (χ2n) is 3.45. The lowest BCUT2D eigenvalue weighted by atomic mass is 10.1. The number of hydrogen-bond acceptors (Lipinski definition) is 3. The van der Waals surface area contributed by atoms with Crippen LogP contribution in [0.5, 0.6) is 5.75 Å². The first-order chi connectivity index (χ1) is 7.65. The number of carboxylic acid groups (broad SMARTS) is 1. The number of benzene rings is 1. The summed E-state index contributed by atoms with van der Waals surface area (Å²) in [4.78, 5) is 11.0. The van der Waals surface area contributed by atoms with E-state index < -0.39 is 5.97 Å². The second kappa shape index (κ2) is 3.89.